The van der Waals surface area contributed by atoms with Crippen LogP contribution in [0.4, 0.5) is 0 Å². The average Bonchev–Trinajstić information content (AvgIpc) is 2.86. The second-order valence-corrected chi connectivity index (χ2v) is 4.86. The molecular formula is C13H23N3O. The maximum absolute atomic E-state index is 5.83. The van der Waals surface area contributed by atoms with Crippen molar-refractivity contribution in [3.05, 3.63) is 17.5 Å². The lowest BCUT2D eigenvalue weighted by Gasteiger charge is -2.12. The van der Waals surface area contributed by atoms with E-state index in [1.54, 1.807) is 0 Å². The van der Waals surface area contributed by atoms with E-state index in [9.17, 15) is 0 Å². The first-order valence-corrected chi connectivity index (χ1v) is 6.58. The zero-order valence-corrected chi connectivity index (χ0v) is 11.1. The van der Waals surface area contributed by atoms with E-state index in [1.165, 1.54) is 17.7 Å². The summed E-state index contributed by atoms with van der Waals surface area (Å²) in [5.41, 5.74) is 2.55. The van der Waals surface area contributed by atoms with Crippen LogP contribution in [0.15, 0.2) is 6.20 Å². The molecule has 96 valence electrons. The van der Waals surface area contributed by atoms with E-state index in [2.05, 4.69) is 35.9 Å². The van der Waals surface area contributed by atoms with E-state index >= 15 is 0 Å². The SMILES string of the molecule is CCNCc1cnn(CC2CCC(C)O2)c1C. The van der Waals surface area contributed by atoms with Crippen LogP contribution in [0.2, 0.25) is 0 Å². The number of aromatic nitrogens is 2. The van der Waals surface area contributed by atoms with Crippen molar-refractivity contribution >= 4 is 0 Å². The molecule has 0 bridgehead atoms. The van der Waals surface area contributed by atoms with Crippen LogP contribution in [0.5, 0.6) is 0 Å². The maximum Gasteiger partial charge on any atom is 0.0775 e. The van der Waals surface area contributed by atoms with Gasteiger partial charge in [-0.25, -0.2) is 0 Å². The molecule has 2 rings (SSSR count). The van der Waals surface area contributed by atoms with Crippen molar-refractivity contribution in [3.63, 3.8) is 0 Å². The van der Waals surface area contributed by atoms with Gasteiger partial charge in [0.05, 0.1) is 24.9 Å². The second kappa shape index (κ2) is 5.65. The number of ether oxygens (including phenoxy) is 1. The largest absolute Gasteiger partial charge is 0.373 e. The number of hydrogen-bond acceptors (Lipinski definition) is 3. The quantitative estimate of drug-likeness (QED) is 0.849. The summed E-state index contributed by atoms with van der Waals surface area (Å²) < 4.78 is 7.91. The lowest BCUT2D eigenvalue weighted by Crippen LogP contribution is -2.19. The molecule has 4 nitrogen and oxygen atoms in total. The maximum atomic E-state index is 5.83. The molecule has 4 heteroatoms. The highest BCUT2D eigenvalue weighted by Gasteiger charge is 2.23. The molecule has 0 spiro atoms. The van der Waals surface area contributed by atoms with Crippen LogP contribution in [-0.4, -0.2) is 28.5 Å². The van der Waals surface area contributed by atoms with Crippen molar-refractivity contribution in [2.45, 2.75) is 58.9 Å². The second-order valence-electron chi connectivity index (χ2n) is 4.86. The molecule has 0 amide bonds. The lowest BCUT2D eigenvalue weighted by atomic mass is 10.2. The Labute approximate surface area is 103 Å². The Morgan fingerprint density at radius 1 is 1.53 bits per heavy atom. The van der Waals surface area contributed by atoms with Crippen molar-refractivity contribution in [2.24, 2.45) is 0 Å². The smallest absolute Gasteiger partial charge is 0.0775 e. The molecule has 1 aromatic heterocycles. The summed E-state index contributed by atoms with van der Waals surface area (Å²) in [4.78, 5) is 0. The van der Waals surface area contributed by atoms with Crippen LogP contribution in [0.25, 0.3) is 0 Å². The minimum Gasteiger partial charge on any atom is -0.373 e. The minimum absolute atomic E-state index is 0.343. The van der Waals surface area contributed by atoms with E-state index < -0.39 is 0 Å². The van der Waals surface area contributed by atoms with E-state index in [1.807, 2.05) is 6.20 Å². The molecule has 1 N–H and O–H groups in total. The fraction of sp³-hybridized carbons (Fsp3) is 0.769. The molecule has 1 aliphatic heterocycles. The summed E-state index contributed by atoms with van der Waals surface area (Å²) in [5.74, 6) is 0. The predicted molar refractivity (Wildman–Crippen MR) is 67.9 cm³/mol. The van der Waals surface area contributed by atoms with Gasteiger partial charge in [0.15, 0.2) is 0 Å². The van der Waals surface area contributed by atoms with Gasteiger partial charge >= 0.3 is 0 Å². The molecule has 1 aliphatic rings. The molecule has 1 fully saturated rings. The molecule has 0 aliphatic carbocycles. The fourth-order valence-electron chi connectivity index (χ4n) is 2.31. The van der Waals surface area contributed by atoms with E-state index in [4.69, 9.17) is 4.74 Å². The van der Waals surface area contributed by atoms with Gasteiger partial charge in [-0.3, -0.25) is 4.68 Å². The van der Waals surface area contributed by atoms with Gasteiger partial charge in [0.2, 0.25) is 0 Å². The Morgan fingerprint density at radius 3 is 3.00 bits per heavy atom. The Balaban J connectivity index is 1.94. The highest BCUT2D eigenvalue weighted by atomic mass is 16.5. The standard InChI is InChI=1S/C13H23N3O/c1-4-14-7-12-8-15-16(11(12)3)9-13-6-5-10(2)17-13/h8,10,13-14H,4-7,9H2,1-3H3. The van der Waals surface area contributed by atoms with Crippen molar-refractivity contribution in [2.75, 3.05) is 6.54 Å². The first-order valence-electron chi connectivity index (χ1n) is 6.58. The summed E-state index contributed by atoms with van der Waals surface area (Å²) in [5, 5.41) is 7.79. The average molecular weight is 237 g/mol. The number of nitrogens with one attached hydrogen (secondary N) is 1. The van der Waals surface area contributed by atoms with Crippen LogP contribution in [-0.2, 0) is 17.8 Å². The Kier molecular flexibility index (Phi) is 4.18. The third kappa shape index (κ3) is 3.07. The van der Waals surface area contributed by atoms with Gasteiger partial charge in [-0.1, -0.05) is 6.92 Å². The highest BCUT2D eigenvalue weighted by molar-refractivity contribution is 5.15. The van der Waals surface area contributed by atoms with Crippen LogP contribution in [0.1, 0.15) is 37.9 Å². The summed E-state index contributed by atoms with van der Waals surface area (Å²) in [6.07, 6.45) is 5.06. The van der Waals surface area contributed by atoms with E-state index in [-0.39, 0.29) is 0 Å². The van der Waals surface area contributed by atoms with Crippen molar-refractivity contribution in [1.29, 1.82) is 0 Å². The Hall–Kier alpha value is -0.870. The van der Waals surface area contributed by atoms with E-state index in [0.717, 1.165) is 26.1 Å². The number of rotatable bonds is 5. The normalized spacial score (nSPS) is 24.4. The Bertz CT molecular complexity index is 362. The van der Waals surface area contributed by atoms with Gasteiger partial charge in [0, 0.05) is 17.8 Å². The van der Waals surface area contributed by atoms with Gasteiger partial charge in [-0.15, -0.1) is 0 Å². The first kappa shape index (κ1) is 12.6. The number of hydrogen-bond donors (Lipinski definition) is 1. The molecule has 2 heterocycles. The molecule has 1 saturated heterocycles. The predicted octanol–water partition coefficient (Wildman–Crippen LogP) is 1.87. The topological polar surface area (TPSA) is 39.1 Å². The molecular weight excluding hydrogens is 214 g/mol. The molecule has 2 unspecified atom stereocenters. The minimum atomic E-state index is 0.343. The van der Waals surface area contributed by atoms with Crippen molar-refractivity contribution < 1.29 is 4.74 Å². The molecule has 0 radical (unpaired) electrons. The van der Waals surface area contributed by atoms with Crippen LogP contribution >= 0.6 is 0 Å². The van der Waals surface area contributed by atoms with Gasteiger partial charge < -0.3 is 10.1 Å². The first-order chi connectivity index (χ1) is 8.20. The van der Waals surface area contributed by atoms with Gasteiger partial charge in [-0.2, -0.15) is 5.10 Å². The molecule has 0 aromatic carbocycles. The Morgan fingerprint density at radius 2 is 2.35 bits per heavy atom. The monoisotopic (exact) mass is 237 g/mol. The van der Waals surface area contributed by atoms with Gasteiger partial charge in [0.25, 0.3) is 0 Å². The van der Waals surface area contributed by atoms with Crippen molar-refractivity contribution in [3.8, 4) is 0 Å². The molecule has 2 atom stereocenters. The summed E-state index contributed by atoms with van der Waals surface area (Å²) >= 11 is 0. The summed E-state index contributed by atoms with van der Waals surface area (Å²) in [7, 11) is 0. The van der Waals surface area contributed by atoms with E-state index in [0.29, 0.717) is 12.2 Å². The summed E-state index contributed by atoms with van der Waals surface area (Å²) in [6.45, 7) is 9.19. The third-order valence-electron chi connectivity index (χ3n) is 3.47. The molecule has 1 aromatic rings. The molecule has 17 heavy (non-hydrogen) atoms. The zero-order valence-electron chi connectivity index (χ0n) is 11.1. The van der Waals surface area contributed by atoms with Crippen LogP contribution < -0.4 is 5.32 Å². The van der Waals surface area contributed by atoms with Gasteiger partial charge in [-0.05, 0) is 33.2 Å². The van der Waals surface area contributed by atoms with Crippen molar-refractivity contribution in [1.82, 2.24) is 15.1 Å². The number of nitrogens with zero attached hydrogens (tertiary/aromatic N) is 2. The van der Waals surface area contributed by atoms with Crippen LogP contribution in [0, 0.1) is 6.92 Å². The summed E-state index contributed by atoms with van der Waals surface area (Å²) in [6, 6.07) is 0. The van der Waals surface area contributed by atoms with Crippen LogP contribution in [0.3, 0.4) is 0 Å². The third-order valence-corrected chi connectivity index (χ3v) is 3.47. The fourth-order valence-corrected chi connectivity index (χ4v) is 2.31. The van der Waals surface area contributed by atoms with Gasteiger partial charge in [0.1, 0.15) is 0 Å². The lowest BCUT2D eigenvalue weighted by molar-refractivity contribution is 0.0433. The molecule has 0 saturated carbocycles. The zero-order chi connectivity index (χ0) is 12.3. The highest BCUT2D eigenvalue weighted by Crippen LogP contribution is 2.21.